The minimum absolute atomic E-state index is 0.104. The Labute approximate surface area is 81.8 Å². The summed E-state index contributed by atoms with van der Waals surface area (Å²) in [6.45, 7) is 0. The fourth-order valence-corrected chi connectivity index (χ4v) is 1.30. The number of hydrogen-bond donors (Lipinski definition) is 1. The summed E-state index contributed by atoms with van der Waals surface area (Å²) in [7, 11) is 0. The first-order chi connectivity index (χ1) is 6.79. The molecule has 70 valence electrons. The molecule has 2 aromatic rings. The topological polar surface area (TPSA) is 48.0 Å². The Morgan fingerprint density at radius 1 is 1.07 bits per heavy atom. The lowest BCUT2D eigenvalue weighted by atomic mass is 10.2. The zero-order chi connectivity index (χ0) is 9.97. The molecule has 0 aliphatic heterocycles. The van der Waals surface area contributed by atoms with Crippen LogP contribution in [0.15, 0.2) is 48.8 Å². The summed E-state index contributed by atoms with van der Waals surface area (Å²) in [5.41, 5.74) is 6.73. The van der Waals surface area contributed by atoms with Gasteiger partial charge in [-0.25, -0.2) is 0 Å². The number of nitrogens with two attached hydrogens (primary N) is 1. The van der Waals surface area contributed by atoms with Crippen molar-refractivity contribution in [1.29, 1.82) is 0 Å². The zero-order valence-corrected chi connectivity index (χ0v) is 7.55. The minimum Gasteiger partial charge on any atom is -0.398 e. The second-order valence-corrected chi connectivity index (χ2v) is 2.98. The molecule has 1 aromatic carbocycles. The third-order valence-corrected chi connectivity index (χ3v) is 2.03. The molecule has 14 heavy (non-hydrogen) atoms. The average molecular weight is 186 g/mol. The van der Waals surface area contributed by atoms with Crippen LogP contribution in [-0.4, -0.2) is 10.5 Å². The maximum absolute atomic E-state index is 11.8. The molecule has 0 saturated carbocycles. The van der Waals surface area contributed by atoms with E-state index >= 15 is 0 Å². The maximum atomic E-state index is 11.8. The molecule has 2 N–H and O–H groups in total. The summed E-state index contributed by atoms with van der Waals surface area (Å²) in [5.74, 6) is -0.104. The highest BCUT2D eigenvalue weighted by atomic mass is 16.2. The van der Waals surface area contributed by atoms with Gasteiger partial charge in [0.1, 0.15) is 0 Å². The van der Waals surface area contributed by atoms with Crippen LogP contribution in [0.5, 0.6) is 0 Å². The number of rotatable bonds is 1. The Bertz CT molecular complexity index is 446. The third-order valence-electron chi connectivity index (χ3n) is 2.03. The molecule has 3 nitrogen and oxygen atoms in total. The number of hydrogen-bond acceptors (Lipinski definition) is 2. The smallest absolute Gasteiger partial charge is 0.263 e. The van der Waals surface area contributed by atoms with Crippen LogP contribution in [0, 0.1) is 0 Å². The van der Waals surface area contributed by atoms with Crippen LogP contribution in [0.3, 0.4) is 0 Å². The molecular weight excluding hydrogens is 176 g/mol. The van der Waals surface area contributed by atoms with Gasteiger partial charge in [0.25, 0.3) is 5.91 Å². The molecule has 0 fully saturated rings. The summed E-state index contributed by atoms with van der Waals surface area (Å²) in [6.07, 6.45) is 3.41. The minimum atomic E-state index is -0.104. The summed E-state index contributed by atoms with van der Waals surface area (Å²) in [6, 6.07) is 10.7. The number of benzene rings is 1. The Balaban J connectivity index is 2.42. The third kappa shape index (κ3) is 1.40. The molecule has 0 bridgehead atoms. The molecule has 0 radical (unpaired) electrons. The Morgan fingerprint density at radius 3 is 2.36 bits per heavy atom. The van der Waals surface area contributed by atoms with Crippen molar-refractivity contribution in [2.24, 2.45) is 0 Å². The van der Waals surface area contributed by atoms with E-state index in [0.29, 0.717) is 11.3 Å². The molecule has 0 atom stereocenters. The lowest BCUT2D eigenvalue weighted by Gasteiger charge is -2.04. The number of aromatic nitrogens is 1. The van der Waals surface area contributed by atoms with Gasteiger partial charge in [0.05, 0.1) is 5.56 Å². The normalized spacial score (nSPS) is 10.0. The lowest BCUT2D eigenvalue weighted by molar-refractivity contribution is 0.0961. The summed E-state index contributed by atoms with van der Waals surface area (Å²) in [4.78, 5) is 11.8. The van der Waals surface area contributed by atoms with Crippen LogP contribution in [0.2, 0.25) is 0 Å². The number of nitrogen functional groups attached to an aromatic ring is 1. The molecule has 1 heterocycles. The van der Waals surface area contributed by atoms with Gasteiger partial charge in [-0.05, 0) is 24.3 Å². The van der Waals surface area contributed by atoms with Gasteiger partial charge in [0.15, 0.2) is 0 Å². The predicted molar refractivity (Wildman–Crippen MR) is 55.0 cm³/mol. The standard InChI is InChI=1S/C11H10N2O/c12-10-6-2-1-5-9(10)11(14)13-7-3-4-8-13/h1-8H,12H2. The van der Waals surface area contributed by atoms with Crippen molar-refractivity contribution in [3.05, 3.63) is 54.4 Å². The van der Waals surface area contributed by atoms with E-state index in [1.807, 2.05) is 6.07 Å². The summed E-state index contributed by atoms with van der Waals surface area (Å²) in [5, 5.41) is 0. The van der Waals surface area contributed by atoms with E-state index in [2.05, 4.69) is 0 Å². The monoisotopic (exact) mass is 186 g/mol. The molecular formula is C11H10N2O. The largest absolute Gasteiger partial charge is 0.398 e. The SMILES string of the molecule is Nc1ccccc1C(=O)n1cccc1. The van der Waals surface area contributed by atoms with Crippen molar-refractivity contribution in [2.45, 2.75) is 0 Å². The van der Waals surface area contributed by atoms with Gasteiger partial charge in [-0.15, -0.1) is 0 Å². The van der Waals surface area contributed by atoms with Crippen molar-refractivity contribution in [1.82, 2.24) is 4.57 Å². The van der Waals surface area contributed by atoms with Crippen LogP contribution in [0.4, 0.5) is 5.69 Å². The average Bonchev–Trinajstić information content (AvgIpc) is 2.70. The first-order valence-electron chi connectivity index (χ1n) is 4.31. The number of anilines is 1. The quantitative estimate of drug-likeness (QED) is 0.690. The van der Waals surface area contributed by atoms with Crippen molar-refractivity contribution < 1.29 is 4.79 Å². The van der Waals surface area contributed by atoms with E-state index in [4.69, 9.17) is 5.73 Å². The molecule has 0 aliphatic rings. The fourth-order valence-electron chi connectivity index (χ4n) is 1.30. The predicted octanol–water partition coefficient (Wildman–Crippen LogP) is 1.76. The van der Waals surface area contributed by atoms with Gasteiger partial charge in [0.2, 0.25) is 0 Å². The highest BCUT2D eigenvalue weighted by Crippen LogP contribution is 2.12. The van der Waals surface area contributed by atoms with Gasteiger partial charge >= 0.3 is 0 Å². The van der Waals surface area contributed by atoms with Gasteiger partial charge in [-0.3, -0.25) is 9.36 Å². The first kappa shape index (κ1) is 8.56. The molecule has 0 unspecified atom stereocenters. The Morgan fingerprint density at radius 2 is 1.71 bits per heavy atom. The van der Waals surface area contributed by atoms with Crippen molar-refractivity contribution in [3.63, 3.8) is 0 Å². The number of carbonyl (C=O) groups is 1. The van der Waals surface area contributed by atoms with E-state index in [1.165, 1.54) is 4.57 Å². The maximum Gasteiger partial charge on any atom is 0.263 e. The molecule has 0 spiro atoms. The molecule has 1 aromatic heterocycles. The van der Waals surface area contributed by atoms with Crippen molar-refractivity contribution >= 4 is 11.6 Å². The second-order valence-electron chi connectivity index (χ2n) is 2.98. The van der Waals surface area contributed by atoms with E-state index in [9.17, 15) is 4.79 Å². The van der Waals surface area contributed by atoms with Gasteiger partial charge in [-0.1, -0.05) is 12.1 Å². The van der Waals surface area contributed by atoms with Gasteiger partial charge in [-0.2, -0.15) is 0 Å². The van der Waals surface area contributed by atoms with Crippen LogP contribution < -0.4 is 5.73 Å². The Kier molecular flexibility index (Phi) is 2.07. The highest BCUT2D eigenvalue weighted by molar-refractivity contribution is 6.00. The Hall–Kier alpha value is -2.03. The first-order valence-corrected chi connectivity index (χ1v) is 4.31. The number of para-hydroxylation sites is 1. The highest BCUT2D eigenvalue weighted by Gasteiger charge is 2.09. The second kappa shape index (κ2) is 3.38. The molecule has 0 aliphatic carbocycles. The number of nitrogens with zero attached hydrogens (tertiary/aromatic N) is 1. The van der Waals surface area contributed by atoms with Crippen LogP contribution in [0.25, 0.3) is 0 Å². The lowest BCUT2D eigenvalue weighted by Crippen LogP contribution is -2.11. The van der Waals surface area contributed by atoms with E-state index < -0.39 is 0 Å². The van der Waals surface area contributed by atoms with E-state index in [-0.39, 0.29) is 5.91 Å². The fraction of sp³-hybridized carbons (Fsp3) is 0. The molecule has 0 amide bonds. The van der Waals surface area contributed by atoms with Gasteiger partial charge < -0.3 is 5.73 Å². The summed E-state index contributed by atoms with van der Waals surface area (Å²) < 4.78 is 1.51. The van der Waals surface area contributed by atoms with E-state index in [1.54, 1.807) is 42.7 Å². The van der Waals surface area contributed by atoms with Crippen molar-refractivity contribution in [2.75, 3.05) is 5.73 Å². The molecule has 3 heteroatoms. The van der Waals surface area contributed by atoms with E-state index in [0.717, 1.165) is 0 Å². The molecule has 2 rings (SSSR count). The van der Waals surface area contributed by atoms with Gasteiger partial charge in [0, 0.05) is 18.1 Å². The summed E-state index contributed by atoms with van der Waals surface area (Å²) >= 11 is 0. The van der Waals surface area contributed by atoms with Crippen LogP contribution in [0.1, 0.15) is 10.4 Å². The zero-order valence-electron chi connectivity index (χ0n) is 7.55. The molecule has 0 saturated heterocycles. The van der Waals surface area contributed by atoms with Crippen molar-refractivity contribution in [3.8, 4) is 0 Å². The van der Waals surface area contributed by atoms with Crippen LogP contribution >= 0.6 is 0 Å². The number of carbonyl (C=O) groups excluding carboxylic acids is 1. The van der Waals surface area contributed by atoms with Crippen LogP contribution in [-0.2, 0) is 0 Å².